The van der Waals surface area contributed by atoms with Crippen molar-refractivity contribution < 1.29 is 23.1 Å². The summed E-state index contributed by atoms with van der Waals surface area (Å²) in [5.74, 6) is -2.09. The van der Waals surface area contributed by atoms with Gasteiger partial charge < -0.3 is 10.8 Å². The van der Waals surface area contributed by atoms with Crippen molar-refractivity contribution in [3.05, 3.63) is 53.6 Å². The summed E-state index contributed by atoms with van der Waals surface area (Å²) in [6, 6.07) is 11.6. The molecule has 0 aliphatic heterocycles. The maximum Gasteiger partial charge on any atom is 0.321 e. The van der Waals surface area contributed by atoms with E-state index in [9.17, 15) is 18.0 Å². The van der Waals surface area contributed by atoms with E-state index in [-0.39, 0.29) is 17.7 Å². The van der Waals surface area contributed by atoms with E-state index in [0.29, 0.717) is 5.02 Å². The lowest BCUT2D eigenvalue weighted by Crippen LogP contribution is -2.41. The van der Waals surface area contributed by atoms with Crippen molar-refractivity contribution in [1.29, 1.82) is 0 Å². The Hall–Kier alpha value is -2.42. The molecule has 2 aromatic carbocycles. The number of halogens is 1. The molecule has 138 valence electrons. The highest BCUT2D eigenvalue weighted by atomic mass is 35.5. The predicted octanol–water partition coefficient (Wildman–Crippen LogP) is 2.00. The van der Waals surface area contributed by atoms with Crippen LogP contribution in [0.25, 0.3) is 11.1 Å². The van der Waals surface area contributed by atoms with Crippen molar-refractivity contribution in [3.63, 3.8) is 0 Å². The van der Waals surface area contributed by atoms with Crippen LogP contribution in [0.4, 0.5) is 0 Å². The zero-order chi connectivity index (χ0) is 19.3. The Morgan fingerprint density at radius 2 is 1.54 bits per heavy atom. The van der Waals surface area contributed by atoms with E-state index < -0.39 is 27.9 Å². The number of aliphatic carboxylic acids is 1. The van der Waals surface area contributed by atoms with Crippen LogP contribution in [0.5, 0.6) is 0 Å². The molecule has 0 saturated heterocycles. The quantitative estimate of drug-likeness (QED) is 0.629. The van der Waals surface area contributed by atoms with Crippen molar-refractivity contribution >= 4 is 33.5 Å². The molecule has 1 atom stereocenters. The molecule has 0 radical (unpaired) electrons. The zero-order valence-electron chi connectivity index (χ0n) is 13.6. The first-order valence-electron chi connectivity index (χ1n) is 7.58. The summed E-state index contributed by atoms with van der Waals surface area (Å²) < 4.78 is 26.8. The molecule has 0 aromatic heterocycles. The lowest BCUT2D eigenvalue weighted by atomic mass is 10.1. The molecule has 0 saturated carbocycles. The van der Waals surface area contributed by atoms with Crippen LogP contribution >= 0.6 is 11.6 Å². The second-order valence-electron chi connectivity index (χ2n) is 5.55. The highest BCUT2D eigenvalue weighted by Gasteiger charge is 2.25. The second-order valence-corrected chi connectivity index (χ2v) is 7.70. The van der Waals surface area contributed by atoms with Crippen molar-refractivity contribution in [2.24, 2.45) is 5.73 Å². The van der Waals surface area contributed by atoms with E-state index in [4.69, 9.17) is 22.4 Å². The summed E-state index contributed by atoms with van der Waals surface area (Å²) in [4.78, 5) is 21.9. The molecule has 9 heteroatoms. The molecule has 0 aliphatic rings. The fraction of sp³-hybridized carbons (Fsp3) is 0.176. The average molecular weight is 397 g/mol. The first-order valence-corrected chi connectivity index (χ1v) is 9.44. The minimum Gasteiger partial charge on any atom is -0.480 e. The van der Waals surface area contributed by atoms with Crippen LogP contribution in [0.1, 0.15) is 12.8 Å². The summed E-state index contributed by atoms with van der Waals surface area (Å²) >= 11 is 5.84. The maximum absolute atomic E-state index is 12.4. The molecule has 1 amide bonds. The Morgan fingerprint density at radius 3 is 2.00 bits per heavy atom. The summed E-state index contributed by atoms with van der Waals surface area (Å²) in [7, 11) is -4.06. The number of primary amides is 1. The van der Waals surface area contributed by atoms with Gasteiger partial charge in [0.25, 0.3) is 0 Å². The number of hydrogen-bond acceptors (Lipinski definition) is 4. The summed E-state index contributed by atoms with van der Waals surface area (Å²) in [5, 5.41) is 9.71. The lowest BCUT2D eigenvalue weighted by Gasteiger charge is -2.14. The highest BCUT2D eigenvalue weighted by Crippen LogP contribution is 2.23. The standard InChI is InChI=1S/C17H17ClN2O5S/c18-13-5-1-11(2-6-13)12-3-7-14(8-4-12)26(24,25)20-15(17(22)23)9-10-16(19)21/h1-8,15,20H,9-10H2,(H2,19,21)(H,22,23)/t15-/m1/s1. The van der Waals surface area contributed by atoms with Gasteiger partial charge in [-0.05, 0) is 41.8 Å². The highest BCUT2D eigenvalue weighted by molar-refractivity contribution is 7.89. The number of carbonyl (C=O) groups is 2. The molecule has 26 heavy (non-hydrogen) atoms. The van der Waals surface area contributed by atoms with Crippen molar-refractivity contribution in [2.45, 2.75) is 23.8 Å². The molecular formula is C17H17ClN2O5S. The minimum atomic E-state index is -4.06. The number of benzene rings is 2. The number of carbonyl (C=O) groups excluding carboxylic acids is 1. The smallest absolute Gasteiger partial charge is 0.321 e. The average Bonchev–Trinajstić information content (AvgIpc) is 2.59. The van der Waals surface area contributed by atoms with Crippen molar-refractivity contribution in [2.75, 3.05) is 0 Å². The molecule has 7 nitrogen and oxygen atoms in total. The van der Waals surface area contributed by atoms with Gasteiger partial charge in [-0.2, -0.15) is 4.72 Å². The first-order chi connectivity index (χ1) is 12.2. The van der Waals surface area contributed by atoms with E-state index >= 15 is 0 Å². The summed E-state index contributed by atoms with van der Waals surface area (Å²) in [6.45, 7) is 0. The van der Waals surface area contributed by atoms with Crippen LogP contribution in [-0.2, 0) is 19.6 Å². The van der Waals surface area contributed by atoms with Gasteiger partial charge in [0.1, 0.15) is 6.04 Å². The fourth-order valence-corrected chi connectivity index (χ4v) is 3.59. The van der Waals surface area contributed by atoms with Crippen molar-refractivity contribution in [3.8, 4) is 11.1 Å². The third-order valence-electron chi connectivity index (χ3n) is 3.62. The van der Waals surface area contributed by atoms with Crippen LogP contribution < -0.4 is 10.5 Å². The Labute approximate surface area is 155 Å². The number of rotatable bonds is 8. The molecule has 0 bridgehead atoms. The summed E-state index contributed by atoms with van der Waals surface area (Å²) in [6.07, 6.45) is -0.470. The van der Waals surface area contributed by atoms with Gasteiger partial charge in [-0.15, -0.1) is 0 Å². The second kappa shape index (κ2) is 8.31. The van der Waals surface area contributed by atoms with E-state index in [1.165, 1.54) is 12.1 Å². The molecular weight excluding hydrogens is 380 g/mol. The number of amides is 1. The van der Waals surface area contributed by atoms with Gasteiger partial charge in [-0.1, -0.05) is 35.9 Å². The van der Waals surface area contributed by atoms with E-state index in [1.807, 2.05) is 0 Å². The maximum atomic E-state index is 12.4. The van der Waals surface area contributed by atoms with Crippen LogP contribution in [-0.4, -0.2) is 31.4 Å². The van der Waals surface area contributed by atoms with E-state index in [2.05, 4.69) is 4.72 Å². The topological polar surface area (TPSA) is 127 Å². The number of nitrogens with one attached hydrogen (secondary N) is 1. The van der Waals surface area contributed by atoms with Crippen LogP contribution in [0.3, 0.4) is 0 Å². The first kappa shape index (κ1) is 19.9. The van der Waals surface area contributed by atoms with Crippen LogP contribution in [0, 0.1) is 0 Å². The van der Waals surface area contributed by atoms with Gasteiger partial charge in [0.15, 0.2) is 0 Å². The molecule has 0 aliphatic carbocycles. The molecule has 2 aromatic rings. The van der Waals surface area contributed by atoms with Gasteiger partial charge in [0.2, 0.25) is 15.9 Å². The van der Waals surface area contributed by atoms with Crippen LogP contribution in [0.2, 0.25) is 5.02 Å². The number of carboxylic acids is 1. The Kier molecular flexibility index (Phi) is 6.36. The molecule has 4 N–H and O–H groups in total. The third-order valence-corrected chi connectivity index (χ3v) is 5.36. The summed E-state index contributed by atoms with van der Waals surface area (Å²) in [5.41, 5.74) is 6.62. The van der Waals surface area contributed by atoms with E-state index in [1.54, 1.807) is 36.4 Å². The van der Waals surface area contributed by atoms with Gasteiger partial charge in [-0.25, -0.2) is 8.42 Å². The van der Waals surface area contributed by atoms with Gasteiger partial charge in [-0.3, -0.25) is 9.59 Å². The normalized spacial score (nSPS) is 12.5. The number of carboxylic acid groups (broad SMARTS) is 1. The Morgan fingerprint density at radius 1 is 1.04 bits per heavy atom. The SMILES string of the molecule is NC(=O)CC[C@@H](NS(=O)(=O)c1ccc(-c2ccc(Cl)cc2)cc1)C(=O)O. The van der Waals surface area contributed by atoms with Gasteiger partial charge in [0.05, 0.1) is 4.90 Å². The Balaban J connectivity index is 2.18. The lowest BCUT2D eigenvalue weighted by molar-refractivity contribution is -0.139. The monoisotopic (exact) mass is 396 g/mol. The Bertz CT molecular complexity index is 896. The number of nitrogens with two attached hydrogens (primary N) is 1. The van der Waals surface area contributed by atoms with Gasteiger partial charge >= 0.3 is 5.97 Å². The molecule has 0 spiro atoms. The zero-order valence-corrected chi connectivity index (χ0v) is 15.1. The molecule has 2 rings (SSSR count). The van der Waals surface area contributed by atoms with Gasteiger partial charge in [0, 0.05) is 11.4 Å². The predicted molar refractivity (Wildman–Crippen MR) is 97.1 cm³/mol. The minimum absolute atomic E-state index is 0.0828. The van der Waals surface area contributed by atoms with E-state index in [0.717, 1.165) is 11.1 Å². The van der Waals surface area contributed by atoms with Crippen molar-refractivity contribution in [1.82, 2.24) is 4.72 Å². The number of hydrogen-bond donors (Lipinski definition) is 3. The third kappa shape index (κ3) is 5.29. The fourth-order valence-electron chi connectivity index (χ4n) is 2.24. The molecule has 0 unspecified atom stereocenters. The molecule has 0 heterocycles. The largest absolute Gasteiger partial charge is 0.480 e. The van der Waals surface area contributed by atoms with Crippen LogP contribution in [0.15, 0.2) is 53.4 Å². The number of sulfonamides is 1. The molecule has 0 fully saturated rings.